The Morgan fingerprint density at radius 2 is 2.10 bits per heavy atom. The van der Waals surface area contributed by atoms with E-state index in [2.05, 4.69) is 0 Å². The highest BCUT2D eigenvalue weighted by atomic mass is 16.5. The van der Waals surface area contributed by atoms with Gasteiger partial charge in [-0.1, -0.05) is 18.2 Å². The summed E-state index contributed by atoms with van der Waals surface area (Å²) in [5.41, 5.74) is 0. The number of ether oxygens (including phenoxy) is 2. The molecule has 0 radical (unpaired) electrons. The number of rotatable bonds is 5. The molecule has 1 amide bonds. The molecule has 1 aliphatic carbocycles. The van der Waals surface area contributed by atoms with E-state index in [1.807, 2.05) is 42.2 Å². The molecule has 1 aliphatic heterocycles. The van der Waals surface area contributed by atoms with E-state index in [1.165, 1.54) is 6.42 Å². The molecule has 2 fully saturated rings. The highest BCUT2D eigenvalue weighted by Gasteiger charge is 2.49. The highest BCUT2D eigenvalue weighted by molar-refractivity contribution is 5.78. The molecule has 4 heteroatoms. The van der Waals surface area contributed by atoms with E-state index in [-0.39, 0.29) is 24.7 Å². The van der Waals surface area contributed by atoms with Crippen molar-refractivity contribution in [3.05, 3.63) is 30.3 Å². The van der Waals surface area contributed by atoms with Gasteiger partial charge in [-0.15, -0.1) is 0 Å². The number of carbonyl (C=O) groups excluding carboxylic acids is 1. The van der Waals surface area contributed by atoms with Crippen LogP contribution in [0.4, 0.5) is 0 Å². The van der Waals surface area contributed by atoms with Crippen molar-refractivity contribution in [3.63, 3.8) is 0 Å². The molecule has 3 unspecified atom stereocenters. The Balaban J connectivity index is 1.56. The number of amides is 1. The van der Waals surface area contributed by atoms with Crippen LogP contribution in [0.25, 0.3) is 0 Å². The first-order valence-electron chi connectivity index (χ1n) is 7.38. The molecule has 108 valence electrons. The number of carbonyl (C=O) groups is 1. The van der Waals surface area contributed by atoms with Crippen LogP contribution in [0.3, 0.4) is 0 Å². The number of benzene rings is 1. The summed E-state index contributed by atoms with van der Waals surface area (Å²) in [5, 5.41) is 0. The van der Waals surface area contributed by atoms with E-state index in [9.17, 15) is 4.79 Å². The normalized spacial score (nSPS) is 27.9. The van der Waals surface area contributed by atoms with Gasteiger partial charge in [0.15, 0.2) is 6.61 Å². The average molecular weight is 275 g/mol. The van der Waals surface area contributed by atoms with Crippen molar-refractivity contribution < 1.29 is 14.3 Å². The van der Waals surface area contributed by atoms with Gasteiger partial charge >= 0.3 is 0 Å². The zero-order valence-corrected chi connectivity index (χ0v) is 11.8. The van der Waals surface area contributed by atoms with Crippen molar-refractivity contribution in [2.24, 2.45) is 5.92 Å². The van der Waals surface area contributed by atoms with E-state index < -0.39 is 0 Å². The summed E-state index contributed by atoms with van der Waals surface area (Å²) in [6, 6.07) is 9.73. The van der Waals surface area contributed by atoms with E-state index in [0.29, 0.717) is 5.92 Å². The summed E-state index contributed by atoms with van der Waals surface area (Å²) < 4.78 is 11.3. The van der Waals surface area contributed by atoms with Crippen LogP contribution in [-0.4, -0.2) is 42.7 Å². The molecule has 4 nitrogen and oxygen atoms in total. The minimum Gasteiger partial charge on any atom is -0.484 e. The fraction of sp³-hybridized carbons (Fsp3) is 0.562. The molecule has 0 N–H and O–H groups in total. The van der Waals surface area contributed by atoms with Crippen LogP contribution in [0.1, 0.15) is 19.8 Å². The molecular formula is C16H21NO3. The van der Waals surface area contributed by atoms with Crippen LogP contribution in [0.15, 0.2) is 30.3 Å². The maximum Gasteiger partial charge on any atom is 0.260 e. The highest BCUT2D eigenvalue weighted by Crippen LogP contribution is 2.39. The molecular weight excluding hydrogens is 254 g/mol. The zero-order chi connectivity index (χ0) is 13.9. The quantitative estimate of drug-likeness (QED) is 0.826. The predicted molar refractivity (Wildman–Crippen MR) is 75.6 cm³/mol. The van der Waals surface area contributed by atoms with Crippen LogP contribution in [0.5, 0.6) is 5.75 Å². The molecule has 1 aromatic carbocycles. The Hall–Kier alpha value is -1.55. The Labute approximate surface area is 119 Å². The van der Waals surface area contributed by atoms with Gasteiger partial charge in [0.05, 0.1) is 12.1 Å². The summed E-state index contributed by atoms with van der Waals surface area (Å²) in [6.45, 7) is 3.68. The number of hydrogen-bond acceptors (Lipinski definition) is 3. The number of nitrogens with zero attached hydrogens (tertiary/aromatic N) is 1. The fourth-order valence-electron chi connectivity index (χ4n) is 3.42. The van der Waals surface area contributed by atoms with Crippen LogP contribution in [0, 0.1) is 5.92 Å². The SMILES string of the molecule is CCOC1C2CCC1N(C(=O)COc1ccccc1)C2. The van der Waals surface area contributed by atoms with Crippen molar-refractivity contribution >= 4 is 5.91 Å². The molecule has 0 aromatic heterocycles. The number of likely N-dealkylation sites (tertiary alicyclic amines) is 1. The van der Waals surface area contributed by atoms with Gasteiger partial charge in [0.2, 0.25) is 0 Å². The second kappa shape index (κ2) is 5.83. The van der Waals surface area contributed by atoms with Crippen molar-refractivity contribution in [2.45, 2.75) is 31.9 Å². The summed E-state index contributed by atoms with van der Waals surface area (Å²) >= 11 is 0. The Kier molecular flexibility index (Phi) is 3.92. The summed E-state index contributed by atoms with van der Waals surface area (Å²) in [5.74, 6) is 1.33. The van der Waals surface area contributed by atoms with Crippen LogP contribution >= 0.6 is 0 Å². The molecule has 1 saturated heterocycles. The van der Waals surface area contributed by atoms with Gasteiger partial charge < -0.3 is 14.4 Å². The molecule has 1 aromatic rings. The van der Waals surface area contributed by atoms with Crippen molar-refractivity contribution in [2.75, 3.05) is 19.8 Å². The fourth-order valence-corrected chi connectivity index (χ4v) is 3.42. The van der Waals surface area contributed by atoms with Gasteiger partial charge in [-0.2, -0.15) is 0 Å². The third-order valence-corrected chi connectivity index (χ3v) is 4.29. The predicted octanol–water partition coefficient (Wildman–Crippen LogP) is 2.09. The molecule has 1 saturated carbocycles. The van der Waals surface area contributed by atoms with E-state index in [0.717, 1.165) is 25.3 Å². The van der Waals surface area contributed by atoms with Crippen LogP contribution in [0.2, 0.25) is 0 Å². The number of piperidine rings is 1. The lowest BCUT2D eigenvalue weighted by Gasteiger charge is -2.27. The van der Waals surface area contributed by atoms with E-state index >= 15 is 0 Å². The lowest BCUT2D eigenvalue weighted by Crippen LogP contribution is -2.42. The number of para-hydroxylation sites is 1. The largest absolute Gasteiger partial charge is 0.484 e. The summed E-state index contributed by atoms with van der Waals surface area (Å²) in [7, 11) is 0. The summed E-state index contributed by atoms with van der Waals surface area (Å²) in [4.78, 5) is 14.3. The van der Waals surface area contributed by atoms with Crippen LogP contribution in [-0.2, 0) is 9.53 Å². The van der Waals surface area contributed by atoms with E-state index in [1.54, 1.807) is 0 Å². The minimum absolute atomic E-state index is 0.0748. The molecule has 3 atom stereocenters. The first-order chi connectivity index (χ1) is 9.79. The maximum atomic E-state index is 12.3. The van der Waals surface area contributed by atoms with Gasteiger partial charge in [0.1, 0.15) is 5.75 Å². The molecule has 2 bridgehead atoms. The van der Waals surface area contributed by atoms with Crippen molar-refractivity contribution in [1.82, 2.24) is 4.90 Å². The van der Waals surface area contributed by atoms with E-state index in [4.69, 9.17) is 9.47 Å². The molecule has 0 spiro atoms. The molecule has 20 heavy (non-hydrogen) atoms. The third kappa shape index (κ3) is 2.52. The van der Waals surface area contributed by atoms with Gasteiger partial charge in [0.25, 0.3) is 5.91 Å². The lowest BCUT2D eigenvalue weighted by molar-refractivity contribution is -0.135. The minimum atomic E-state index is 0.0748. The van der Waals surface area contributed by atoms with Gasteiger partial charge in [0, 0.05) is 19.1 Å². The average Bonchev–Trinajstić information content (AvgIpc) is 3.03. The van der Waals surface area contributed by atoms with Gasteiger partial charge in [-0.25, -0.2) is 0 Å². The monoisotopic (exact) mass is 275 g/mol. The Morgan fingerprint density at radius 1 is 1.30 bits per heavy atom. The second-order valence-electron chi connectivity index (χ2n) is 5.47. The van der Waals surface area contributed by atoms with Gasteiger partial charge in [-0.05, 0) is 31.9 Å². The lowest BCUT2D eigenvalue weighted by atomic mass is 10.1. The zero-order valence-electron chi connectivity index (χ0n) is 11.8. The van der Waals surface area contributed by atoms with Crippen LogP contribution < -0.4 is 4.74 Å². The third-order valence-electron chi connectivity index (χ3n) is 4.29. The molecule has 3 rings (SSSR count). The maximum absolute atomic E-state index is 12.3. The topological polar surface area (TPSA) is 38.8 Å². The number of hydrogen-bond donors (Lipinski definition) is 0. The van der Waals surface area contributed by atoms with Gasteiger partial charge in [-0.3, -0.25) is 4.79 Å². The Bertz CT molecular complexity index is 462. The first-order valence-corrected chi connectivity index (χ1v) is 7.38. The molecule has 1 heterocycles. The smallest absolute Gasteiger partial charge is 0.260 e. The summed E-state index contributed by atoms with van der Waals surface area (Å²) in [6.07, 6.45) is 2.48. The standard InChI is InChI=1S/C16H21NO3/c1-2-19-16-12-8-9-14(16)17(10-12)15(18)11-20-13-6-4-3-5-7-13/h3-7,12,14,16H,2,8-11H2,1H3. The second-order valence-corrected chi connectivity index (χ2v) is 5.47. The molecule has 2 aliphatic rings. The Morgan fingerprint density at radius 3 is 2.85 bits per heavy atom. The van der Waals surface area contributed by atoms with Crippen molar-refractivity contribution in [3.8, 4) is 5.75 Å². The van der Waals surface area contributed by atoms with Crippen molar-refractivity contribution in [1.29, 1.82) is 0 Å². The number of fused-ring (bicyclic) bond motifs is 2. The first kappa shape index (κ1) is 13.4.